The number of ether oxygens (including phenoxy) is 6. The normalized spacial score (nSPS) is 50.2. The predicted molar refractivity (Wildman–Crippen MR) is 147 cm³/mol. The first-order chi connectivity index (χ1) is 20.8. The summed E-state index contributed by atoms with van der Waals surface area (Å²) in [4.78, 5) is 0. The maximum Gasteiger partial charge on any atom is 0.187 e. The summed E-state index contributed by atoms with van der Waals surface area (Å²) < 4.78 is 34.6. The van der Waals surface area contributed by atoms with Crippen molar-refractivity contribution in [1.82, 2.24) is 0 Å². The average molecular weight is 729 g/mol. The van der Waals surface area contributed by atoms with Gasteiger partial charge in [-0.25, -0.2) is 0 Å². The third kappa shape index (κ3) is 8.74. The van der Waals surface area contributed by atoms with Crippen LogP contribution >= 0.6 is 0 Å². The minimum atomic E-state index is -1.60. The Bertz CT molecular complexity index is 917. The molecular weight excluding hydrogens is 681 g/mol. The van der Waals surface area contributed by atoms with E-state index in [1.165, 1.54) is 0 Å². The summed E-state index contributed by atoms with van der Waals surface area (Å²) in [6.07, 6.45) is -10.8. The zero-order valence-corrected chi connectivity index (χ0v) is 27.3. The number of aliphatic hydroxyl groups excluding tert-OH is 7. The molecule has 259 valence electrons. The van der Waals surface area contributed by atoms with Crippen LogP contribution in [-0.4, -0.2) is 172 Å². The van der Waals surface area contributed by atoms with Gasteiger partial charge in [0.1, 0.15) is 67.1 Å². The molecule has 0 amide bonds. The number of hydrogen-bond donors (Lipinski definition) is 13. The molecule has 1 saturated carbocycles. The Morgan fingerprint density at radius 3 is 1.44 bits per heavy atom. The van der Waals surface area contributed by atoms with Crippen LogP contribution in [0.5, 0.6) is 0 Å². The minimum absolute atomic E-state index is 0. The fourth-order valence-electron chi connectivity index (χ4n) is 5.74. The molecule has 3 heterocycles. The number of rotatable bonds is 9. The molecule has 0 aromatic heterocycles. The first-order valence-corrected chi connectivity index (χ1v) is 14.2. The van der Waals surface area contributed by atoms with E-state index >= 15 is 0 Å². The predicted octanol–water partition coefficient (Wildman–Crippen LogP) is -8.69. The number of terminal acetylenes is 1. The van der Waals surface area contributed by atoms with Gasteiger partial charge in [0.05, 0.1) is 24.8 Å². The second-order valence-corrected chi connectivity index (χ2v) is 11.2. The first kappa shape index (κ1) is 41.1. The van der Waals surface area contributed by atoms with Gasteiger partial charge in [-0.1, -0.05) is 0 Å². The monoisotopic (exact) mass is 728 g/mol. The molecule has 0 spiro atoms. The van der Waals surface area contributed by atoms with E-state index in [2.05, 4.69) is 6.42 Å². The van der Waals surface area contributed by atoms with E-state index in [1.807, 2.05) is 0 Å². The summed E-state index contributed by atoms with van der Waals surface area (Å²) in [6, 6.07) is -4.18. The van der Waals surface area contributed by atoms with Crippen molar-refractivity contribution in [3.63, 3.8) is 0 Å². The quantitative estimate of drug-likeness (QED) is 0.0774. The maximum atomic E-state index is 11.1. The van der Waals surface area contributed by atoms with Crippen LogP contribution in [0.2, 0.25) is 0 Å². The third-order valence-electron chi connectivity index (χ3n) is 8.37. The van der Waals surface area contributed by atoms with Crippen LogP contribution < -0.4 is 34.4 Å². The van der Waals surface area contributed by atoms with Crippen molar-refractivity contribution in [2.24, 2.45) is 34.4 Å². The smallest absolute Gasteiger partial charge is 0.187 e. The molecule has 19 atom stereocenters. The molecule has 0 aromatic carbocycles. The second kappa shape index (κ2) is 18.1. The van der Waals surface area contributed by atoms with Gasteiger partial charge in [0.25, 0.3) is 0 Å². The average Bonchev–Trinajstić information content (AvgIpc) is 3.31. The van der Waals surface area contributed by atoms with Crippen molar-refractivity contribution >= 4 is 0 Å². The van der Waals surface area contributed by atoms with Crippen LogP contribution in [0.1, 0.15) is 6.42 Å². The van der Waals surface area contributed by atoms with E-state index in [4.69, 9.17) is 69.2 Å². The molecule has 19 nitrogen and oxygen atoms in total. The molecule has 45 heavy (non-hydrogen) atoms. The van der Waals surface area contributed by atoms with E-state index in [0.29, 0.717) is 0 Å². The minimum Gasteiger partial charge on any atom is -0.697 e. The van der Waals surface area contributed by atoms with Gasteiger partial charge in [0, 0.05) is 57.9 Å². The molecule has 4 aliphatic rings. The molecule has 8 unspecified atom stereocenters. The number of hydrogen-bond acceptors (Lipinski definition) is 19. The molecule has 20 heteroatoms. The SMILES string of the molecule is NCC1O[C@@H](O[C@H]2C(N)C[C@@H](N)C(O)[C@H]2O[C@@H]2O[C@H](CO)[C@H](OC3O[C@@H](CN)C(O)C(O)[C@H]3N)C2O)C(N)[C@@H](O)[C@H]1O.[C-]#C.[Y]. The summed E-state index contributed by atoms with van der Waals surface area (Å²) in [6.45, 7) is -0.967. The first-order valence-electron chi connectivity index (χ1n) is 14.2. The second-order valence-electron chi connectivity index (χ2n) is 11.2. The van der Waals surface area contributed by atoms with Crippen molar-refractivity contribution < 1.29 is 96.9 Å². The zero-order valence-electron chi connectivity index (χ0n) is 24.5. The largest absolute Gasteiger partial charge is 0.697 e. The Hall–Kier alpha value is -0.0961. The summed E-state index contributed by atoms with van der Waals surface area (Å²) in [5.74, 6) is 0. The van der Waals surface area contributed by atoms with E-state index in [-0.39, 0.29) is 52.2 Å². The van der Waals surface area contributed by atoms with Gasteiger partial charge in [-0.15, -0.1) is 0 Å². The Balaban J connectivity index is 0.00000230. The molecule has 4 rings (SSSR count). The topological polar surface area (TPSA) is 353 Å². The van der Waals surface area contributed by atoms with Crippen LogP contribution in [0.4, 0.5) is 0 Å². The maximum absolute atomic E-state index is 11.1. The van der Waals surface area contributed by atoms with Crippen molar-refractivity contribution in [3.8, 4) is 6.42 Å². The standard InChI is InChI=1S/C23H46N6O13.C2H.Y/c24-2-7-13(32)15(34)10(28)21(37-7)40-18-6(27)1-5(26)12(31)20(18)42-23-17(36)19(9(4-30)39-23)41-22-11(29)16(35)14(33)8(3-25)38-22;1-2;/h5-23,30-36H,1-4,24-29H2;1H;/q;-1;/t5-,6?,7?,8+,9-,10?,11-,12?,13+,14?,15-,16?,17?,18+,19+,20-,21+,22?,23+;;/m1../s1. The Morgan fingerprint density at radius 2 is 1.00 bits per heavy atom. The number of nitrogens with two attached hydrogens (primary N) is 6. The molecule has 4 fully saturated rings. The summed E-state index contributed by atoms with van der Waals surface area (Å²) >= 11 is 0. The third-order valence-corrected chi connectivity index (χ3v) is 8.37. The van der Waals surface area contributed by atoms with Crippen LogP contribution in [0.15, 0.2) is 0 Å². The molecule has 19 N–H and O–H groups in total. The van der Waals surface area contributed by atoms with Gasteiger partial charge < -0.3 is 111 Å². The molecular formula is C25H47N6O13Y-. The zero-order chi connectivity index (χ0) is 33.0. The summed E-state index contributed by atoms with van der Waals surface area (Å²) in [7, 11) is 0. The molecule has 1 radical (unpaired) electrons. The van der Waals surface area contributed by atoms with Gasteiger partial charge in [-0.3, -0.25) is 0 Å². The summed E-state index contributed by atoms with van der Waals surface area (Å²) in [5.41, 5.74) is 35.6. The van der Waals surface area contributed by atoms with Crippen molar-refractivity contribution in [2.45, 2.75) is 123 Å². The van der Waals surface area contributed by atoms with E-state index in [0.717, 1.165) is 0 Å². The van der Waals surface area contributed by atoms with Gasteiger partial charge >= 0.3 is 0 Å². The van der Waals surface area contributed by atoms with Gasteiger partial charge in [0.15, 0.2) is 18.9 Å². The Morgan fingerprint density at radius 1 is 0.578 bits per heavy atom. The van der Waals surface area contributed by atoms with Crippen molar-refractivity contribution in [2.75, 3.05) is 19.7 Å². The fourth-order valence-corrected chi connectivity index (χ4v) is 5.74. The van der Waals surface area contributed by atoms with Crippen LogP contribution in [0, 0.1) is 12.8 Å². The molecule has 3 aliphatic heterocycles. The molecule has 0 bridgehead atoms. The van der Waals surface area contributed by atoms with Crippen molar-refractivity contribution in [3.05, 3.63) is 6.42 Å². The molecule has 3 saturated heterocycles. The fraction of sp³-hybridized carbons (Fsp3) is 0.920. The van der Waals surface area contributed by atoms with Crippen LogP contribution in [0.25, 0.3) is 0 Å². The number of aliphatic hydroxyl groups is 7. The van der Waals surface area contributed by atoms with Gasteiger partial charge in [-0.05, 0) is 6.42 Å². The van der Waals surface area contributed by atoms with Crippen LogP contribution in [0.3, 0.4) is 0 Å². The summed E-state index contributed by atoms with van der Waals surface area (Å²) in [5, 5.41) is 73.0. The Labute approximate surface area is 285 Å². The van der Waals surface area contributed by atoms with E-state index in [9.17, 15) is 35.7 Å². The molecule has 1 aliphatic carbocycles. The Kier molecular flexibility index (Phi) is 16.5. The molecule has 0 aromatic rings. The van der Waals surface area contributed by atoms with Gasteiger partial charge in [-0.2, -0.15) is 0 Å². The van der Waals surface area contributed by atoms with Crippen molar-refractivity contribution in [1.29, 1.82) is 0 Å². The van der Waals surface area contributed by atoms with E-state index < -0.39 is 123 Å². The van der Waals surface area contributed by atoms with E-state index in [1.54, 1.807) is 0 Å². The van der Waals surface area contributed by atoms with Gasteiger partial charge in [0.2, 0.25) is 0 Å². The van der Waals surface area contributed by atoms with Crippen LogP contribution in [-0.2, 0) is 61.1 Å².